The summed E-state index contributed by atoms with van der Waals surface area (Å²) < 4.78 is 1.49. The minimum Gasteiger partial charge on any atom is -0.272 e. The van der Waals surface area contributed by atoms with Gasteiger partial charge in [-0.3, -0.25) is 14.2 Å². The summed E-state index contributed by atoms with van der Waals surface area (Å²) in [6.07, 6.45) is 1.59. The lowest BCUT2D eigenvalue weighted by Crippen LogP contribution is -2.24. The molecule has 4 rings (SSSR count). The van der Waals surface area contributed by atoms with E-state index >= 15 is 0 Å². The van der Waals surface area contributed by atoms with Crippen LogP contribution in [0.3, 0.4) is 0 Å². The summed E-state index contributed by atoms with van der Waals surface area (Å²) >= 11 is 7.17. The average Bonchev–Trinajstić information content (AvgIpc) is 2.79. The van der Waals surface area contributed by atoms with Crippen LogP contribution in [-0.4, -0.2) is 27.4 Å². The lowest BCUT2D eigenvalue weighted by molar-refractivity contribution is -0.118. The van der Waals surface area contributed by atoms with E-state index in [0.717, 1.165) is 22.9 Å². The van der Waals surface area contributed by atoms with Crippen LogP contribution < -0.4 is 11.0 Å². The molecule has 1 amide bonds. The maximum Gasteiger partial charge on any atom is 0.266 e. The summed E-state index contributed by atoms with van der Waals surface area (Å²) in [5.74, 6) is -0.257. The fourth-order valence-corrected chi connectivity index (χ4v) is 4.05. The summed E-state index contributed by atoms with van der Waals surface area (Å²) in [5.41, 5.74) is 5.51. The Bertz CT molecular complexity index is 1370. The van der Waals surface area contributed by atoms with Crippen molar-refractivity contribution in [3.8, 4) is 5.69 Å². The molecule has 1 N–H and O–H groups in total. The number of nitrogens with one attached hydrogen (secondary N) is 1. The van der Waals surface area contributed by atoms with E-state index in [0.29, 0.717) is 26.8 Å². The number of benzene rings is 3. The topological polar surface area (TPSA) is 76.3 Å². The highest BCUT2D eigenvalue weighted by Crippen LogP contribution is 2.22. The molecule has 0 atom stereocenters. The molecule has 1 heterocycles. The minimum absolute atomic E-state index is 0.0452. The fourth-order valence-electron chi connectivity index (χ4n) is 3.12. The molecule has 1 aromatic heterocycles. The van der Waals surface area contributed by atoms with Crippen LogP contribution in [-0.2, 0) is 4.79 Å². The SMILES string of the molecule is Cc1cccc(C=NNC(=O)CSc2nc3ccccc3c(=O)n2-c2ccc(Cl)cc2)c1. The molecule has 0 unspecified atom stereocenters. The van der Waals surface area contributed by atoms with Crippen molar-refractivity contribution >= 4 is 46.4 Å². The number of aromatic nitrogens is 2. The summed E-state index contributed by atoms with van der Waals surface area (Å²) in [4.78, 5) is 30.1. The zero-order valence-corrected chi connectivity index (χ0v) is 18.7. The highest BCUT2D eigenvalue weighted by atomic mass is 35.5. The van der Waals surface area contributed by atoms with Crippen molar-refractivity contribution < 1.29 is 4.79 Å². The molecule has 8 heteroatoms. The zero-order valence-electron chi connectivity index (χ0n) is 17.2. The van der Waals surface area contributed by atoms with Crippen LogP contribution in [0.25, 0.3) is 16.6 Å². The van der Waals surface area contributed by atoms with E-state index in [1.165, 1.54) is 4.57 Å². The molecule has 6 nitrogen and oxygen atoms in total. The Morgan fingerprint density at radius 2 is 1.91 bits per heavy atom. The number of thioether (sulfide) groups is 1. The van der Waals surface area contributed by atoms with Gasteiger partial charge in [0, 0.05) is 5.02 Å². The maximum atomic E-state index is 13.2. The second kappa shape index (κ2) is 9.80. The second-order valence-electron chi connectivity index (χ2n) is 7.02. The third kappa shape index (κ3) is 5.07. The van der Waals surface area contributed by atoms with Crippen LogP contribution in [0.4, 0.5) is 0 Å². The van der Waals surface area contributed by atoms with Gasteiger partial charge in [0.05, 0.1) is 28.6 Å². The number of halogens is 1. The first-order valence-corrected chi connectivity index (χ1v) is 11.2. The number of fused-ring (bicyclic) bond motifs is 1. The van der Waals surface area contributed by atoms with Gasteiger partial charge in [0.15, 0.2) is 5.16 Å². The Morgan fingerprint density at radius 3 is 2.69 bits per heavy atom. The Hall–Kier alpha value is -3.42. The largest absolute Gasteiger partial charge is 0.272 e. The number of carbonyl (C=O) groups is 1. The summed E-state index contributed by atoms with van der Waals surface area (Å²) in [5, 5.41) is 5.49. The van der Waals surface area contributed by atoms with E-state index in [1.54, 1.807) is 48.7 Å². The summed E-state index contributed by atoms with van der Waals surface area (Å²) in [6.45, 7) is 1.99. The number of hydrazone groups is 1. The number of carbonyl (C=O) groups excluding carboxylic acids is 1. The van der Waals surface area contributed by atoms with E-state index in [1.807, 2.05) is 37.3 Å². The number of hydrogen-bond acceptors (Lipinski definition) is 5. The van der Waals surface area contributed by atoms with Gasteiger partial charge < -0.3 is 0 Å². The van der Waals surface area contributed by atoms with Crippen molar-refractivity contribution in [3.63, 3.8) is 0 Å². The highest BCUT2D eigenvalue weighted by molar-refractivity contribution is 7.99. The van der Waals surface area contributed by atoms with Gasteiger partial charge in [0.1, 0.15) is 0 Å². The van der Waals surface area contributed by atoms with E-state index in [4.69, 9.17) is 11.6 Å². The van der Waals surface area contributed by atoms with E-state index in [9.17, 15) is 9.59 Å². The van der Waals surface area contributed by atoms with Crippen molar-refractivity contribution in [1.82, 2.24) is 15.0 Å². The molecule has 160 valence electrons. The standard InChI is InChI=1S/C24H19ClN4O2S/c1-16-5-4-6-17(13-16)14-26-28-22(30)15-32-24-27-21-8-3-2-7-20(21)23(31)29(24)19-11-9-18(25)10-12-19/h2-14H,15H2,1H3,(H,28,30). The van der Waals surface area contributed by atoms with Gasteiger partial charge in [-0.05, 0) is 48.9 Å². The van der Waals surface area contributed by atoms with Crippen molar-refractivity contribution in [2.45, 2.75) is 12.1 Å². The molecular formula is C24H19ClN4O2S. The maximum absolute atomic E-state index is 13.2. The van der Waals surface area contributed by atoms with Crippen LogP contribution >= 0.6 is 23.4 Å². The number of rotatable bonds is 6. The minimum atomic E-state index is -0.302. The molecule has 0 fully saturated rings. The summed E-state index contributed by atoms with van der Waals surface area (Å²) in [7, 11) is 0. The molecule has 0 spiro atoms. The molecule has 0 bridgehead atoms. The first-order valence-electron chi connectivity index (χ1n) is 9.80. The van der Waals surface area contributed by atoms with Crippen molar-refractivity contribution in [2.75, 3.05) is 5.75 Å². The third-order valence-electron chi connectivity index (χ3n) is 4.61. The molecule has 4 aromatic rings. The Labute approximate surface area is 194 Å². The van der Waals surface area contributed by atoms with Crippen LogP contribution in [0.5, 0.6) is 0 Å². The van der Waals surface area contributed by atoms with E-state index in [2.05, 4.69) is 15.5 Å². The number of nitrogens with zero attached hydrogens (tertiary/aromatic N) is 3. The molecule has 0 saturated carbocycles. The van der Waals surface area contributed by atoms with Crippen LogP contribution in [0.15, 0.2) is 87.8 Å². The number of amides is 1. The molecular weight excluding hydrogens is 444 g/mol. The summed E-state index contributed by atoms with van der Waals surface area (Å²) in [6, 6.07) is 21.8. The van der Waals surface area contributed by atoms with Gasteiger partial charge in [-0.2, -0.15) is 5.10 Å². The van der Waals surface area contributed by atoms with Gasteiger partial charge in [-0.1, -0.05) is 65.3 Å². The highest BCUT2D eigenvalue weighted by Gasteiger charge is 2.14. The van der Waals surface area contributed by atoms with Crippen LogP contribution in [0, 0.1) is 6.92 Å². The van der Waals surface area contributed by atoms with E-state index in [-0.39, 0.29) is 17.2 Å². The predicted molar refractivity (Wildman–Crippen MR) is 130 cm³/mol. The monoisotopic (exact) mass is 462 g/mol. The van der Waals surface area contributed by atoms with Crippen LogP contribution in [0.1, 0.15) is 11.1 Å². The molecule has 0 saturated heterocycles. The molecule has 0 aliphatic heterocycles. The van der Waals surface area contributed by atoms with Crippen LogP contribution in [0.2, 0.25) is 5.02 Å². The first-order chi connectivity index (χ1) is 15.5. The predicted octanol–water partition coefficient (Wildman–Crippen LogP) is 4.59. The average molecular weight is 463 g/mol. The van der Waals surface area contributed by atoms with Crippen molar-refractivity contribution in [3.05, 3.63) is 99.3 Å². The quantitative estimate of drug-likeness (QED) is 0.197. The lowest BCUT2D eigenvalue weighted by atomic mass is 10.2. The second-order valence-corrected chi connectivity index (χ2v) is 8.40. The Morgan fingerprint density at radius 1 is 1.12 bits per heavy atom. The first kappa shape index (κ1) is 21.8. The normalized spacial score (nSPS) is 11.2. The Balaban J connectivity index is 1.56. The Kier molecular flexibility index (Phi) is 6.68. The van der Waals surface area contributed by atoms with Crippen molar-refractivity contribution in [2.24, 2.45) is 5.10 Å². The number of aryl methyl sites for hydroxylation is 1. The zero-order chi connectivity index (χ0) is 22.5. The molecule has 0 radical (unpaired) electrons. The number of para-hydroxylation sites is 1. The molecule has 3 aromatic carbocycles. The lowest BCUT2D eigenvalue weighted by Gasteiger charge is -2.13. The van der Waals surface area contributed by atoms with E-state index < -0.39 is 0 Å². The van der Waals surface area contributed by atoms with Gasteiger partial charge in [-0.25, -0.2) is 10.4 Å². The molecule has 32 heavy (non-hydrogen) atoms. The third-order valence-corrected chi connectivity index (χ3v) is 5.80. The molecule has 0 aliphatic rings. The molecule has 0 aliphatic carbocycles. The number of hydrogen-bond donors (Lipinski definition) is 1. The smallest absolute Gasteiger partial charge is 0.266 e. The van der Waals surface area contributed by atoms with Crippen molar-refractivity contribution in [1.29, 1.82) is 0 Å². The van der Waals surface area contributed by atoms with Gasteiger partial charge in [0.2, 0.25) is 0 Å². The van der Waals surface area contributed by atoms with Gasteiger partial charge in [0.25, 0.3) is 11.5 Å². The van der Waals surface area contributed by atoms with Gasteiger partial charge in [-0.15, -0.1) is 0 Å². The fraction of sp³-hybridized carbons (Fsp3) is 0.0833. The van der Waals surface area contributed by atoms with Gasteiger partial charge >= 0.3 is 0 Å².